The van der Waals surface area contributed by atoms with Crippen molar-refractivity contribution in [1.29, 1.82) is 0 Å². The second-order valence-corrected chi connectivity index (χ2v) is 7.23. The van der Waals surface area contributed by atoms with E-state index in [-0.39, 0.29) is 5.54 Å². The van der Waals surface area contributed by atoms with E-state index in [0.29, 0.717) is 6.04 Å². The van der Waals surface area contributed by atoms with E-state index < -0.39 is 0 Å². The van der Waals surface area contributed by atoms with Crippen molar-refractivity contribution in [3.8, 4) is 0 Å². The van der Waals surface area contributed by atoms with Crippen LogP contribution in [0.3, 0.4) is 0 Å². The quantitative estimate of drug-likeness (QED) is 0.894. The van der Waals surface area contributed by atoms with Crippen LogP contribution in [0.4, 0.5) is 0 Å². The summed E-state index contributed by atoms with van der Waals surface area (Å²) >= 11 is 0. The first-order valence-corrected chi connectivity index (χ1v) is 8.18. The molecule has 0 spiro atoms. The fraction of sp³-hybridized carbons (Fsp3) is 0.611. The van der Waals surface area contributed by atoms with Crippen LogP contribution in [0, 0.1) is 12.8 Å². The minimum absolute atomic E-state index is 0.260. The van der Waals surface area contributed by atoms with Crippen LogP contribution in [0.25, 0.3) is 11.0 Å². The Balaban J connectivity index is 2.15. The number of hydrogen-bond acceptors (Lipinski definition) is 2. The molecule has 3 rings (SSSR count). The van der Waals surface area contributed by atoms with Gasteiger partial charge in [0.15, 0.2) is 0 Å². The van der Waals surface area contributed by atoms with Gasteiger partial charge in [0.1, 0.15) is 5.82 Å². The highest BCUT2D eigenvalue weighted by molar-refractivity contribution is 5.77. The molecule has 0 saturated heterocycles. The molecule has 1 aromatic carbocycles. The van der Waals surface area contributed by atoms with Gasteiger partial charge < -0.3 is 10.3 Å². The standard InChI is InChI=1S/C18H27N3/c1-12(2)21-16-6-5-14(4)11-15(16)20-17(21)18(19)9-7-13(3)8-10-18/h5-6,11-13H,7-10,19H2,1-4H3. The Kier molecular flexibility index (Phi) is 3.56. The van der Waals surface area contributed by atoms with Crippen LogP contribution in [0.5, 0.6) is 0 Å². The van der Waals surface area contributed by atoms with Gasteiger partial charge in [0.25, 0.3) is 0 Å². The molecule has 21 heavy (non-hydrogen) atoms. The molecule has 0 atom stereocenters. The molecule has 114 valence electrons. The van der Waals surface area contributed by atoms with Gasteiger partial charge in [-0.15, -0.1) is 0 Å². The second kappa shape index (κ2) is 5.13. The Morgan fingerprint density at radius 1 is 1.29 bits per heavy atom. The fourth-order valence-electron chi connectivity index (χ4n) is 3.58. The molecule has 3 heteroatoms. The number of fused-ring (bicyclic) bond motifs is 1. The maximum absolute atomic E-state index is 6.80. The third-order valence-corrected chi connectivity index (χ3v) is 4.97. The number of hydrogen-bond donors (Lipinski definition) is 1. The highest BCUT2D eigenvalue weighted by Gasteiger charge is 2.36. The van der Waals surface area contributed by atoms with Crippen molar-refractivity contribution in [3.63, 3.8) is 0 Å². The molecule has 2 N–H and O–H groups in total. The van der Waals surface area contributed by atoms with Crippen molar-refractivity contribution in [1.82, 2.24) is 9.55 Å². The molecular formula is C18H27N3. The van der Waals surface area contributed by atoms with E-state index in [1.165, 1.54) is 23.9 Å². The lowest BCUT2D eigenvalue weighted by molar-refractivity contribution is 0.229. The maximum atomic E-state index is 6.80. The highest BCUT2D eigenvalue weighted by Crippen LogP contribution is 2.39. The summed E-state index contributed by atoms with van der Waals surface area (Å²) in [6.07, 6.45) is 4.50. The molecule has 0 unspecified atom stereocenters. The molecule has 0 amide bonds. The summed E-state index contributed by atoms with van der Waals surface area (Å²) in [4.78, 5) is 4.95. The normalized spacial score (nSPS) is 26.7. The van der Waals surface area contributed by atoms with Crippen molar-refractivity contribution < 1.29 is 0 Å². The minimum atomic E-state index is -0.260. The van der Waals surface area contributed by atoms with Gasteiger partial charge in [0, 0.05) is 6.04 Å². The van der Waals surface area contributed by atoms with E-state index in [9.17, 15) is 0 Å². The summed E-state index contributed by atoms with van der Waals surface area (Å²) in [5.41, 5.74) is 10.1. The molecule has 0 bridgehead atoms. The Labute approximate surface area is 127 Å². The Morgan fingerprint density at radius 3 is 2.57 bits per heavy atom. The average molecular weight is 285 g/mol. The lowest BCUT2D eigenvalue weighted by Crippen LogP contribution is -2.42. The monoisotopic (exact) mass is 285 g/mol. The van der Waals surface area contributed by atoms with E-state index in [2.05, 4.69) is 50.5 Å². The van der Waals surface area contributed by atoms with Gasteiger partial charge in [-0.25, -0.2) is 4.98 Å². The Bertz CT molecular complexity index is 646. The predicted octanol–water partition coefficient (Wildman–Crippen LogP) is 4.29. The summed E-state index contributed by atoms with van der Waals surface area (Å²) in [7, 11) is 0. The first-order valence-electron chi connectivity index (χ1n) is 8.18. The van der Waals surface area contributed by atoms with Gasteiger partial charge in [-0.1, -0.05) is 13.0 Å². The van der Waals surface area contributed by atoms with Gasteiger partial charge in [-0.3, -0.25) is 0 Å². The third-order valence-electron chi connectivity index (χ3n) is 4.97. The number of aryl methyl sites for hydroxylation is 1. The average Bonchev–Trinajstić information content (AvgIpc) is 2.81. The molecule has 1 saturated carbocycles. The lowest BCUT2D eigenvalue weighted by atomic mass is 9.77. The summed E-state index contributed by atoms with van der Waals surface area (Å²) in [5.74, 6) is 1.88. The second-order valence-electron chi connectivity index (χ2n) is 7.23. The molecule has 3 nitrogen and oxygen atoms in total. The van der Waals surface area contributed by atoms with Crippen LogP contribution < -0.4 is 5.73 Å². The molecule has 2 aromatic rings. The summed E-state index contributed by atoms with van der Waals surface area (Å²) < 4.78 is 2.35. The molecule has 1 aliphatic carbocycles. The largest absolute Gasteiger partial charge is 0.324 e. The van der Waals surface area contributed by atoms with E-state index in [1.807, 2.05) is 0 Å². The zero-order chi connectivity index (χ0) is 15.2. The van der Waals surface area contributed by atoms with Gasteiger partial charge in [0.2, 0.25) is 0 Å². The lowest BCUT2D eigenvalue weighted by Gasteiger charge is -2.36. The van der Waals surface area contributed by atoms with Gasteiger partial charge >= 0.3 is 0 Å². The van der Waals surface area contributed by atoms with E-state index >= 15 is 0 Å². The summed E-state index contributed by atoms with van der Waals surface area (Å²) in [6, 6.07) is 6.91. The number of nitrogens with zero attached hydrogens (tertiary/aromatic N) is 2. The van der Waals surface area contributed by atoms with Crippen molar-refractivity contribution in [2.24, 2.45) is 11.7 Å². The van der Waals surface area contributed by atoms with Crippen molar-refractivity contribution >= 4 is 11.0 Å². The molecule has 0 aliphatic heterocycles. The molecule has 1 fully saturated rings. The van der Waals surface area contributed by atoms with Crippen LogP contribution >= 0.6 is 0 Å². The van der Waals surface area contributed by atoms with Gasteiger partial charge in [-0.2, -0.15) is 0 Å². The number of nitrogens with two attached hydrogens (primary N) is 1. The van der Waals surface area contributed by atoms with Crippen molar-refractivity contribution in [2.45, 2.75) is 65.0 Å². The van der Waals surface area contributed by atoms with Crippen LogP contribution in [-0.4, -0.2) is 9.55 Å². The van der Waals surface area contributed by atoms with Gasteiger partial charge in [0.05, 0.1) is 16.6 Å². The van der Waals surface area contributed by atoms with Crippen LogP contribution in [0.1, 0.15) is 63.9 Å². The van der Waals surface area contributed by atoms with E-state index in [4.69, 9.17) is 10.7 Å². The number of aromatic nitrogens is 2. The molecular weight excluding hydrogens is 258 g/mol. The molecule has 0 radical (unpaired) electrons. The van der Waals surface area contributed by atoms with Crippen molar-refractivity contribution in [3.05, 3.63) is 29.6 Å². The van der Waals surface area contributed by atoms with Crippen LogP contribution in [-0.2, 0) is 5.54 Å². The molecule has 1 aromatic heterocycles. The SMILES string of the molecule is Cc1ccc2c(c1)nc(C1(N)CCC(C)CC1)n2C(C)C. The van der Waals surface area contributed by atoms with E-state index in [0.717, 1.165) is 30.1 Å². The Hall–Kier alpha value is -1.35. The zero-order valence-corrected chi connectivity index (χ0v) is 13.7. The highest BCUT2D eigenvalue weighted by atomic mass is 15.1. The smallest absolute Gasteiger partial charge is 0.130 e. The first-order chi connectivity index (χ1) is 9.90. The third kappa shape index (κ3) is 2.48. The molecule has 1 aliphatic rings. The predicted molar refractivity (Wildman–Crippen MR) is 88.4 cm³/mol. The maximum Gasteiger partial charge on any atom is 0.130 e. The van der Waals surface area contributed by atoms with Crippen LogP contribution in [0.15, 0.2) is 18.2 Å². The van der Waals surface area contributed by atoms with E-state index in [1.54, 1.807) is 0 Å². The fourth-order valence-corrected chi connectivity index (χ4v) is 3.58. The zero-order valence-electron chi connectivity index (χ0n) is 13.7. The summed E-state index contributed by atoms with van der Waals surface area (Å²) in [5, 5.41) is 0. The number of imidazole rings is 1. The van der Waals surface area contributed by atoms with Gasteiger partial charge in [-0.05, 0) is 70.1 Å². The van der Waals surface area contributed by atoms with Crippen LogP contribution in [0.2, 0.25) is 0 Å². The number of rotatable bonds is 2. The number of benzene rings is 1. The first kappa shape index (κ1) is 14.6. The van der Waals surface area contributed by atoms with Crippen molar-refractivity contribution in [2.75, 3.05) is 0 Å². The molecule has 1 heterocycles. The minimum Gasteiger partial charge on any atom is -0.324 e. The Morgan fingerprint density at radius 2 is 1.95 bits per heavy atom. The topological polar surface area (TPSA) is 43.8 Å². The summed E-state index contributed by atoms with van der Waals surface area (Å²) in [6.45, 7) is 8.89.